The molecule has 1 aromatic carbocycles. The fraction of sp³-hybridized carbons (Fsp3) is 0.276. The van der Waals surface area contributed by atoms with Gasteiger partial charge in [-0.2, -0.15) is 16.4 Å². The van der Waals surface area contributed by atoms with Gasteiger partial charge in [-0.05, 0) is 61.9 Å². The summed E-state index contributed by atoms with van der Waals surface area (Å²) in [5.41, 5.74) is 11.1. The second-order valence-corrected chi connectivity index (χ2v) is 11.2. The average Bonchev–Trinajstić information content (AvgIpc) is 3.62. The van der Waals surface area contributed by atoms with E-state index in [0.717, 1.165) is 33.6 Å². The Kier molecular flexibility index (Phi) is 6.18. The number of nitrogens with zero attached hydrogens (tertiary/aromatic N) is 4. The SMILES string of the molecule is COc1cc2c(cc1-c1cncc(C(N)=O)c1)-c1c(c(C(=O)N3CCNC(=O)C3(C)C)nn1-c1ccsc1)CC2. The third-order valence-corrected chi connectivity index (χ3v) is 8.36. The Morgan fingerprint density at radius 3 is 2.70 bits per heavy atom. The molecule has 1 saturated heterocycles. The predicted molar refractivity (Wildman–Crippen MR) is 151 cm³/mol. The third-order valence-electron chi connectivity index (χ3n) is 7.69. The number of carbonyl (C=O) groups is 3. The molecule has 0 unspecified atom stereocenters. The van der Waals surface area contributed by atoms with Crippen molar-refractivity contribution in [2.45, 2.75) is 32.2 Å². The van der Waals surface area contributed by atoms with Gasteiger partial charge >= 0.3 is 0 Å². The van der Waals surface area contributed by atoms with Crippen LogP contribution in [0, 0.1) is 0 Å². The summed E-state index contributed by atoms with van der Waals surface area (Å²) in [6, 6.07) is 7.65. The molecule has 2 aliphatic rings. The number of aromatic nitrogens is 3. The van der Waals surface area contributed by atoms with E-state index < -0.39 is 11.4 Å². The number of nitrogens with two attached hydrogens (primary N) is 1. The van der Waals surface area contributed by atoms with E-state index in [9.17, 15) is 14.4 Å². The van der Waals surface area contributed by atoms with Crippen LogP contribution in [0.25, 0.3) is 28.1 Å². The first kappa shape index (κ1) is 25.8. The monoisotopic (exact) mass is 556 g/mol. The van der Waals surface area contributed by atoms with Crippen LogP contribution in [0.15, 0.2) is 47.4 Å². The van der Waals surface area contributed by atoms with Crippen molar-refractivity contribution >= 4 is 29.1 Å². The molecule has 0 spiro atoms. The van der Waals surface area contributed by atoms with Crippen molar-refractivity contribution in [1.29, 1.82) is 0 Å². The molecule has 1 aliphatic heterocycles. The van der Waals surface area contributed by atoms with Crippen molar-refractivity contribution in [3.8, 4) is 33.8 Å². The molecule has 1 fully saturated rings. The number of piperazine rings is 1. The fourth-order valence-electron chi connectivity index (χ4n) is 5.51. The molecule has 40 heavy (non-hydrogen) atoms. The Hall–Kier alpha value is -4.51. The Morgan fingerprint density at radius 1 is 1.15 bits per heavy atom. The number of methoxy groups -OCH3 is 1. The Labute approximate surface area is 234 Å². The lowest BCUT2D eigenvalue weighted by Crippen LogP contribution is -2.63. The molecule has 6 rings (SSSR count). The lowest BCUT2D eigenvalue weighted by Gasteiger charge is -2.40. The number of hydrogen-bond donors (Lipinski definition) is 2. The molecule has 4 heterocycles. The standard InChI is InChI=1S/C29H28N6O4S/c1-29(2)28(38)32-7-8-34(29)27(37)24-20-5-4-16-11-23(39-3)21(17-10-18(26(30)36)14-31-13-17)12-22(16)25(20)35(33-24)19-6-9-40-15-19/h6,9-15H,4-5,7-8H2,1-3H3,(H2,30,36)(H,32,38). The Morgan fingerprint density at radius 2 is 1.98 bits per heavy atom. The summed E-state index contributed by atoms with van der Waals surface area (Å²) in [7, 11) is 1.60. The number of carbonyl (C=O) groups excluding carboxylic acids is 3. The molecule has 4 aromatic rings. The van der Waals surface area contributed by atoms with Crippen LogP contribution < -0.4 is 15.8 Å². The number of amides is 3. The maximum Gasteiger partial charge on any atom is 0.275 e. The van der Waals surface area contributed by atoms with Gasteiger partial charge in [0.1, 0.15) is 11.3 Å². The summed E-state index contributed by atoms with van der Waals surface area (Å²) in [6.07, 6.45) is 4.38. The lowest BCUT2D eigenvalue weighted by molar-refractivity contribution is -0.133. The number of hydrogen-bond acceptors (Lipinski definition) is 7. The maximum atomic E-state index is 14.0. The first-order chi connectivity index (χ1) is 19.2. The summed E-state index contributed by atoms with van der Waals surface area (Å²) < 4.78 is 7.57. The molecular formula is C29H28N6O4S. The van der Waals surface area contributed by atoms with Crippen molar-refractivity contribution in [3.63, 3.8) is 0 Å². The van der Waals surface area contributed by atoms with Gasteiger partial charge in [-0.15, -0.1) is 0 Å². The number of ether oxygens (including phenoxy) is 1. The molecule has 0 radical (unpaired) electrons. The van der Waals surface area contributed by atoms with Gasteiger partial charge < -0.3 is 20.7 Å². The van der Waals surface area contributed by atoms with Crippen LogP contribution in [0.1, 0.15) is 45.8 Å². The van der Waals surface area contributed by atoms with E-state index in [1.54, 1.807) is 49.5 Å². The van der Waals surface area contributed by atoms with Gasteiger partial charge in [0.2, 0.25) is 11.8 Å². The molecule has 0 bridgehead atoms. The van der Waals surface area contributed by atoms with Gasteiger partial charge in [-0.1, -0.05) is 0 Å². The second kappa shape index (κ2) is 9.60. The summed E-state index contributed by atoms with van der Waals surface area (Å²) in [4.78, 5) is 44.3. The number of fused-ring (bicyclic) bond motifs is 3. The van der Waals surface area contributed by atoms with Crippen molar-refractivity contribution < 1.29 is 19.1 Å². The number of rotatable bonds is 5. The number of thiophene rings is 1. The van der Waals surface area contributed by atoms with E-state index in [0.29, 0.717) is 48.5 Å². The highest BCUT2D eigenvalue weighted by molar-refractivity contribution is 7.08. The smallest absolute Gasteiger partial charge is 0.275 e. The molecule has 204 valence electrons. The predicted octanol–water partition coefficient (Wildman–Crippen LogP) is 3.22. The quantitative estimate of drug-likeness (QED) is 0.388. The van der Waals surface area contributed by atoms with Gasteiger partial charge in [0, 0.05) is 53.1 Å². The molecule has 11 heteroatoms. The zero-order chi connectivity index (χ0) is 28.2. The molecule has 0 saturated carbocycles. The topological polar surface area (TPSA) is 132 Å². The zero-order valence-electron chi connectivity index (χ0n) is 22.4. The number of benzene rings is 1. The van der Waals surface area contributed by atoms with E-state index in [4.69, 9.17) is 15.6 Å². The number of nitrogens with one attached hydrogen (secondary N) is 1. The normalized spacial score (nSPS) is 15.7. The lowest BCUT2D eigenvalue weighted by atomic mass is 9.86. The number of pyridine rings is 1. The second-order valence-electron chi connectivity index (χ2n) is 10.4. The fourth-order valence-corrected chi connectivity index (χ4v) is 6.12. The molecule has 3 N–H and O–H groups in total. The van der Waals surface area contributed by atoms with E-state index in [-0.39, 0.29) is 11.8 Å². The van der Waals surface area contributed by atoms with Crippen LogP contribution in [0.3, 0.4) is 0 Å². The van der Waals surface area contributed by atoms with Crippen molar-refractivity contribution in [2.24, 2.45) is 5.73 Å². The molecule has 10 nitrogen and oxygen atoms in total. The van der Waals surface area contributed by atoms with Crippen LogP contribution in [0.5, 0.6) is 5.75 Å². The highest BCUT2D eigenvalue weighted by Crippen LogP contribution is 2.43. The minimum absolute atomic E-state index is 0.188. The van der Waals surface area contributed by atoms with E-state index >= 15 is 0 Å². The average molecular weight is 557 g/mol. The summed E-state index contributed by atoms with van der Waals surface area (Å²) in [5, 5.41) is 11.7. The van der Waals surface area contributed by atoms with Crippen LogP contribution in [0.2, 0.25) is 0 Å². The minimum Gasteiger partial charge on any atom is -0.496 e. The van der Waals surface area contributed by atoms with Gasteiger partial charge in [-0.25, -0.2) is 4.68 Å². The molecule has 3 amide bonds. The van der Waals surface area contributed by atoms with Crippen LogP contribution in [-0.4, -0.2) is 63.1 Å². The van der Waals surface area contributed by atoms with Gasteiger partial charge in [-0.3, -0.25) is 19.4 Å². The van der Waals surface area contributed by atoms with E-state index in [2.05, 4.69) is 10.3 Å². The van der Waals surface area contributed by atoms with E-state index in [1.165, 1.54) is 6.20 Å². The number of primary amides is 1. The summed E-state index contributed by atoms with van der Waals surface area (Å²) >= 11 is 1.54. The molecular weight excluding hydrogens is 528 g/mol. The minimum atomic E-state index is -1.00. The highest BCUT2D eigenvalue weighted by Gasteiger charge is 2.43. The van der Waals surface area contributed by atoms with Gasteiger partial charge in [0.05, 0.1) is 24.1 Å². The van der Waals surface area contributed by atoms with Crippen molar-refractivity contribution in [1.82, 2.24) is 25.0 Å². The molecule has 0 atom stereocenters. The first-order valence-corrected chi connectivity index (χ1v) is 13.9. The summed E-state index contributed by atoms with van der Waals surface area (Å²) in [6.45, 7) is 4.30. The Balaban J connectivity index is 1.55. The van der Waals surface area contributed by atoms with Crippen molar-refractivity contribution in [3.05, 3.63) is 69.8 Å². The van der Waals surface area contributed by atoms with Crippen LogP contribution in [-0.2, 0) is 17.6 Å². The number of aryl methyl sites for hydroxylation is 1. The van der Waals surface area contributed by atoms with Gasteiger partial charge in [0.15, 0.2) is 5.69 Å². The first-order valence-electron chi connectivity index (χ1n) is 12.9. The Bertz CT molecular complexity index is 1670. The third kappa shape index (κ3) is 4.04. The summed E-state index contributed by atoms with van der Waals surface area (Å²) in [5.74, 6) is -0.376. The van der Waals surface area contributed by atoms with E-state index in [1.807, 2.05) is 33.6 Å². The van der Waals surface area contributed by atoms with Crippen LogP contribution in [0.4, 0.5) is 0 Å². The largest absolute Gasteiger partial charge is 0.496 e. The van der Waals surface area contributed by atoms with Gasteiger partial charge in [0.25, 0.3) is 5.91 Å². The molecule has 3 aromatic heterocycles. The highest BCUT2D eigenvalue weighted by atomic mass is 32.1. The van der Waals surface area contributed by atoms with Crippen molar-refractivity contribution in [2.75, 3.05) is 20.2 Å². The molecule has 1 aliphatic carbocycles. The van der Waals surface area contributed by atoms with Crippen LogP contribution >= 0.6 is 11.3 Å². The maximum absolute atomic E-state index is 14.0. The zero-order valence-corrected chi connectivity index (χ0v) is 23.2.